The maximum atomic E-state index is 6.47. The van der Waals surface area contributed by atoms with Crippen LogP contribution < -0.4 is 0 Å². The Labute approximate surface area is 308 Å². The summed E-state index contributed by atoms with van der Waals surface area (Å²) >= 11 is 0. The third-order valence-electron chi connectivity index (χ3n) is 10.3. The molecule has 0 N–H and O–H groups in total. The lowest BCUT2D eigenvalue weighted by Gasteiger charge is -2.35. The predicted molar refractivity (Wildman–Crippen MR) is 214 cm³/mol. The fraction of sp³-hybridized carbons (Fsp3) is 1.00. The van der Waals surface area contributed by atoms with Crippen molar-refractivity contribution in [3.8, 4) is 0 Å². The molecule has 0 aliphatic heterocycles. The van der Waals surface area contributed by atoms with Crippen molar-refractivity contribution in [3.05, 3.63) is 0 Å². The van der Waals surface area contributed by atoms with Crippen LogP contribution in [0.2, 0.25) is 0 Å². The number of unbranched alkanes of at least 4 members (excludes halogenated alkanes) is 18. The molecule has 0 aromatic heterocycles. The maximum absolute atomic E-state index is 6.47. The summed E-state index contributed by atoms with van der Waals surface area (Å²) < 4.78 is 27.8. The van der Waals surface area contributed by atoms with Gasteiger partial charge in [0.1, 0.15) is 13.1 Å². The molecule has 0 atom stereocenters. The molecule has 0 heterocycles. The summed E-state index contributed by atoms with van der Waals surface area (Å²) in [5.41, 5.74) is -0.277. The van der Waals surface area contributed by atoms with Gasteiger partial charge in [-0.15, -0.1) is 0 Å². The lowest BCUT2D eigenvalue weighted by Crippen LogP contribution is -2.46. The summed E-state index contributed by atoms with van der Waals surface area (Å²) in [6.07, 6.45) is 29.3. The van der Waals surface area contributed by atoms with E-state index in [4.69, 9.17) is 18.9 Å². The Bertz CT molecular complexity index is 616. The molecule has 0 aliphatic carbocycles. The molecule has 0 spiro atoms. The van der Waals surface area contributed by atoms with Crippen molar-refractivity contribution < 1.29 is 27.9 Å². The molecule has 0 fully saturated rings. The first-order chi connectivity index (χ1) is 23.7. The number of rotatable bonds is 40. The van der Waals surface area contributed by atoms with E-state index in [1.165, 1.54) is 142 Å². The predicted octanol–water partition coefficient (Wildman–Crippen LogP) is 10.9. The Morgan fingerprint density at radius 1 is 0.306 bits per heavy atom. The van der Waals surface area contributed by atoms with Crippen LogP contribution in [0.25, 0.3) is 0 Å². The highest BCUT2D eigenvalue weighted by Gasteiger charge is 2.33. The van der Waals surface area contributed by atoms with E-state index in [0.717, 1.165) is 61.3 Å². The van der Waals surface area contributed by atoms with Crippen molar-refractivity contribution in [2.75, 3.05) is 107 Å². The highest BCUT2D eigenvalue weighted by Crippen LogP contribution is 2.22. The molecule has 0 amide bonds. The minimum atomic E-state index is -0.277. The van der Waals surface area contributed by atoms with Gasteiger partial charge in [-0.05, 0) is 25.7 Å². The van der Waals surface area contributed by atoms with Crippen molar-refractivity contribution in [2.24, 2.45) is 5.41 Å². The molecule has 0 saturated carbocycles. The van der Waals surface area contributed by atoms with Crippen molar-refractivity contribution in [1.82, 2.24) is 0 Å². The van der Waals surface area contributed by atoms with E-state index >= 15 is 0 Å². The number of hydrogen-bond donors (Lipinski definition) is 0. The average Bonchev–Trinajstić information content (AvgIpc) is 3.06. The molecule has 49 heavy (non-hydrogen) atoms. The lowest BCUT2D eigenvalue weighted by atomic mass is 9.92. The van der Waals surface area contributed by atoms with Crippen LogP contribution in [0.3, 0.4) is 0 Å². The molecule has 0 aromatic rings. The number of likely N-dealkylation sites (N-methyl/N-ethyl adjacent to an activating group) is 2. The second-order valence-electron chi connectivity index (χ2n) is 16.8. The molecule has 6 heteroatoms. The molecule has 0 rings (SSSR count). The molecule has 0 bridgehead atoms. The largest absolute Gasteiger partial charge is 0.381 e. The average molecular weight is 701 g/mol. The monoisotopic (exact) mass is 701 g/mol. The van der Waals surface area contributed by atoms with Gasteiger partial charge >= 0.3 is 0 Å². The number of ether oxygens (including phenoxy) is 4. The van der Waals surface area contributed by atoms with Gasteiger partial charge in [-0.1, -0.05) is 143 Å². The quantitative estimate of drug-likeness (QED) is 0.0471. The zero-order valence-corrected chi connectivity index (χ0v) is 35.1. The van der Waals surface area contributed by atoms with Crippen LogP contribution in [0.1, 0.15) is 169 Å². The summed E-state index contributed by atoms with van der Waals surface area (Å²) in [6, 6.07) is 0. The van der Waals surface area contributed by atoms with Gasteiger partial charge in [-0.25, -0.2) is 0 Å². The third kappa shape index (κ3) is 32.2. The van der Waals surface area contributed by atoms with Crippen LogP contribution in [-0.4, -0.2) is 116 Å². The summed E-state index contributed by atoms with van der Waals surface area (Å²) in [4.78, 5) is 0. The summed E-state index contributed by atoms with van der Waals surface area (Å²) in [6.45, 7) is 19.2. The van der Waals surface area contributed by atoms with Crippen LogP contribution >= 0.6 is 0 Å². The van der Waals surface area contributed by atoms with E-state index in [0.29, 0.717) is 26.4 Å². The molecule has 6 nitrogen and oxygen atoms in total. The van der Waals surface area contributed by atoms with Gasteiger partial charge in [0.2, 0.25) is 0 Å². The minimum absolute atomic E-state index is 0.277. The van der Waals surface area contributed by atoms with E-state index < -0.39 is 0 Å². The van der Waals surface area contributed by atoms with Crippen molar-refractivity contribution in [3.63, 3.8) is 0 Å². The second-order valence-corrected chi connectivity index (χ2v) is 16.8. The number of nitrogens with zero attached hydrogens (tertiary/aromatic N) is 2. The van der Waals surface area contributed by atoms with Crippen LogP contribution in [0.5, 0.6) is 0 Å². The van der Waals surface area contributed by atoms with Gasteiger partial charge in [0.05, 0.1) is 86.3 Å². The molecule has 296 valence electrons. The zero-order valence-electron chi connectivity index (χ0n) is 35.1. The van der Waals surface area contributed by atoms with Crippen LogP contribution in [0, 0.1) is 5.41 Å². The van der Waals surface area contributed by atoms with E-state index in [1.807, 2.05) is 0 Å². The van der Waals surface area contributed by atoms with Gasteiger partial charge in [0.25, 0.3) is 0 Å². The van der Waals surface area contributed by atoms with Crippen molar-refractivity contribution >= 4 is 0 Å². The van der Waals surface area contributed by atoms with E-state index in [1.54, 1.807) is 0 Å². The van der Waals surface area contributed by atoms with E-state index in [-0.39, 0.29) is 5.41 Å². The van der Waals surface area contributed by atoms with Gasteiger partial charge < -0.3 is 27.9 Å². The van der Waals surface area contributed by atoms with E-state index in [2.05, 4.69) is 55.9 Å². The summed E-state index contributed by atoms with van der Waals surface area (Å²) in [5.74, 6) is 0. The smallest absolute Gasteiger partial charge is 0.102 e. The molecular weight excluding hydrogens is 608 g/mol. The minimum Gasteiger partial charge on any atom is -0.381 e. The molecular formula is C43H92N2O4+2. The summed E-state index contributed by atoms with van der Waals surface area (Å²) in [7, 11) is 9.24. The Hall–Kier alpha value is -0.240. The molecule has 0 unspecified atom stereocenters. The third-order valence-corrected chi connectivity index (χ3v) is 10.3. The van der Waals surface area contributed by atoms with Crippen LogP contribution in [0.4, 0.5) is 0 Å². The zero-order chi connectivity index (χ0) is 36.4. The van der Waals surface area contributed by atoms with Crippen LogP contribution in [0.15, 0.2) is 0 Å². The van der Waals surface area contributed by atoms with Gasteiger partial charge in [0.15, 0.2) is 0 Å². The van der Waals surface area contributed by atoms with Gasteiger partial charge in [-0.3, -0.25) is 0 Å². The lowest BCUT2D eigenvalue weighted by molar-refractivity contribution is -0.890. The Morgan fingerprint density at radius 2 is 0.571 bits per heavy atom. The maximum Gasteiger partial charge on any atom is 0.102 e. The second kappa shape index (κ2) is 33.6. The molecule has 0 saturated heterocycles. The molecule has 0 aliphatic rings. The fourth-order valence-electron chi connectivity index (χ4n) is 6.85. The highest BCUT2D eigenvalue weighted by atomic mass is 16.5. The number of hydrogen-bond acceptors (Lipinski definition) is 4. The van der Waals surface area contributed by atoms with Gasteiger partial charge in [-0.2, -0.15) is 0 Å². The molecule has 0 aromatic carbocycles. The fourth-order valence-corrected chi connectivity index (χ4v) is 6.85. The van der Waals surface area contributed by atoms with Crippen molar-refractivity contribution in [2.45, 2.75) is 169 Å². The Morgan fingerprint density at radius 3 is 0.857 bits per heavy atom. The highest BCUT2D eigenvalue weighted by molar-refractivity contribution is 4.79. The van der Waals surface area contributed by atoms with Gasteiger partial charge in [0, 0.05) is 13.2 Å². The van der Waals surface area contributed by atoms with E-state index in [9.17, 15) is 0 Å². The first kappa shape index (κ1) is 48.8. The standard InChI is InChI=1S/C43H92N2O4/c1-9-13-15-17-19-21-23-25-27-29-35-46-39-43(41-48-37-33-44(5,6)31-11-3,42-49-38-34-45(7,8)32-12-4)40-47-36-30-28-26-24-22-20-18-16-14-10-2/h9-42H2,1-8H3/q+2. The Balaban J connectivity index is 5.03. The Kier molecular flexibility index (Phi) is 33.4. The first-order valence-corrected chi connectivity index (χ1v) is 21.6. The number of quaternary nitrogens is 2. The SMILES string of the molecule is CCCCCCCCCCCCOCC(COCCCCCCCCCCCC)(COCC[N+](C)(C)CCC)COCC[N+](C)(C)CCC. The van der Waals surface area contributed by atoms with Crippen molar-refractivity contribution in [1.29, 1.82) is 0 Å². The molecule has 0 radical (unpaired) electrons. The van der Waals surface area contributed by atoms with Crippen LogP contribution in [-0.2, 0) is 18.9 Å². The normalized spacial score (nSPS) is 12.7. The summed E-state index contributed by atoms with van der Waals surface area (Å²) in [5, 5.41) is 0. The topological polar surface area (TPSA) is 36.9 Å². The first-order valence-electron chi connectivity index (χ1n) is 21.6.